The van der Waals surface area contributed by atoms with Gasteiger partial charge in [-0.3, -0.25) is 9.59 Å². The number of benzene rings is 1. The molecule has 0 aliphatic carbocycles. The van der Waals surface area contributed by atoms with Gasteiger partial charge in [-0.1, -0.05) is 30.3 Å². The Morgan fingerprint density at radius 3 is 2.44 bits per heavy atom. The Bertz CT molecular complexity index is 584. The fourth-order valence-electron chi connectivity index (χ4n) is 3.35. The van der Waals surface area contributed by atoms with Crippen LogP contribution in [-0.2, 0) is 25.5 Å². The van der Waals surface area contributed by atoms with Gasteiger partial charge in [-0.25, -0.2) is 0 Å². The fraction of sp³-hybridized carbons (Fsp3) is 0.579. The van der Waals surface area contributed by atoms with E-state index in [0.717, 1.165) is 6.42 Å². The summed E-state index contributed by atoms with van der Waals surface area (Å²) in [5.41, 5.74) is 1.17. The molecule has 1 atom stereocenters. The quantitative estimate of drug-likeness (QED) is 0.797. The van der Waals surface area contributed by atoms with Crippen LogP contribution in [0.1, 0.15) is 12.5 Å². The molecule has 1 aromatic rings. The SMILES string of the molecule is C[C@@H]1C(=O)N(CCc2ccccc2)CC(=O)N1CC1COCCOC1. The van der Waals surface area contributed by atoms with Crippen molar-refractivity contribution in [2.45, 2.75) is 19.4 Å². The summed E-state index contributed by atoms with van der Waals surface area (Å²) in [6.07, 6.45) is 0.761. The zero-order chi connectivity index (χ0) is 17.6. The third-order valence-electron chi connectivity index (χ3n) is 4.83. The lowest BCUT2D eigenvalue weighted by molar-refractivity contribution is -0.156. The molecule has 2 fully saturated rings. The van der Waals surface area contributed by atoms with E-state index >= 15 is 0 Å². The first-order chi connectivity index (χ1) is 12.1. The monoisotopic (exact) mass is 346 g/mol. The molecule has 2 saturated heterocycles. The van der Waals surface area contributed by atoms with Gasteiger partial charge in [0.2, 0.25) is 11.8 Å². The molecule has 6 heteroatoms. The lowest BCUT2D eigenvalue weighted by Crippen LogP contribution is -2.60. The molecule has 0 spiro atoms. The van der Waals surface area contributed by atoms with Crippen molar-refractivity contribution in [2.75, 3.05) is 46.1 Å². The van der Waals surface area contributed by atoms with Crippen molar-refractivity contribution in [3.8, 4) is 0 Å². The lowest BCUT2D eigenvalue weighted by Gasteiger charge is -2.40. The molecule has 0 radical (unpaired) electrons. The standard InChI is InChI=1S/C19H26N2O4/c1-15-19(23)20(8-7-16-5-3-2-4-6-16)12-18(22)21(15)11-17-13-24-9-10-25-14-17/h2-6,15,17H,7-14H2,1H3/t15-/m1/s1. The van der Waals surface area contributed by atoms with E-state index in [1.807, 2.05) is 37.3 Å². The molecule has 0 N–H and O–H groups in total. The van der Waals surface area contributed by atoms with Gasteiger partial charge in [0.05, 0.1) is 33.0 Å². The van der Waals surface area contributed by atoms with Crippen LogP contribution in [0.15, 0.2) is 30.3 Å². The summed E-state index contributed by atoms with van der Waals surface area (Å²) >= 11 is 0. The van der Waals surface area contributed by atoms with Crippen molar-refractivity contribution in [1.82, 2.24) is 9.80 Å². The normalized spacial score (nSPS) is 23.0. The van der Waals surface area contributed by atoms with E-state index in [-0.39, 0.29) is 24.3 Å². The van der Waals surface area contributed by atoms with E-state index in [0.29, 0.717) is 39.5 Å². The van der Waals surface area contributed by atoms with Gasteiger partial charge in [-0.2, -0.15) is 0 Å². The van der Waals surface area contributed by atoms with Crippen molar-refractivity contribution in [2.24, 2.45) is 5.92 Å². The summed E-state index contributed by atoms with van der Waals surface area (Å²) in [6.45, 7) is 5.38. The fourth-order valence-corrected chi connectivity index (χ4v) is 3.35. The van der Waals surface area contributed by atoms with Gasteiger partial charge in [0.1, 0.15) is 6.04 Å². The highest BCUT2D eigenvalue weighted by Crippen LogP contribution is 2.17. The summed E-state index contributed by atoms with van der Waals surface area (Å²) in [4.78, 5) is 28.6. The van der Waals surface area contributed by atoms with Gasteiger partial charge in [-0.05, 0) is 18.9 Å². The third-order valence-corrected chi connectivity index (χ3v) is 4.83. The van der Waals surface area contributed by atoms with Crippen LogP contribution in [0.5, 0.6) is 0 Å². The molecule has 25 heavy (non-hydrogen) atoms. The smallest absolute Gasteiger partial charge is 0.245 e. The van der Waals surface area contributed by atoms with Crippen molar-refractivity contribution < 1.29 is 19.1 Å². The van der Waals surface area contributed by atoms with E-state index < -0.39 is 6.04 Å². The Balaban J connectivity index is 1.57. The first kappa shape index (κ1) is 17.9. The van der Waals surface area contributed by atoms with Crippen LogP contribution in [0.3, 0.4) is 0 Å². The van der Waals surface area contributed by atoms with Crippen molar-refractivity contribution in [3.05, 3.63) is 35.9 Å². The molecule has 0 bridgehead atoms. The Labute approximate surface area is 148 Å². The van der Waals surface area contributed by atoms with Crippen LogP contribution < -0.4 is 0 Å². The molecule has 3 rings (SSSR count). The lowest BCUT2D eigenvalue weighted by atomic mass is 10.1. The van der Waals surface area contributed by atoms with Crippen LogP contribution >= 0.6 is 0 Å². The van der Waals surface area contributed by atoms with E-state index in [9.17, 15) is 9.59 Å². The zero-order valence-corrected chi connectivity index (χ0v) is 14.7. The largest absolute Gasteiger partial charge is 0.379 e. The highest BCUT2D eigenvalue weighted by molar-refractivity contribution is 5.94. The van der Waals surface area contributed by atoms with E-state index in [4.69, 9.17) is 9.47 Å². The van der Waals surface area contributed by atoms with Gasteiger partial charge in [0.15, 0.2) is 0 Å². The highest BCUT2D eigenvalue weighted by Gasteiger charge is 2.37. The maximum atomic E-state index is 12.7. The second-order valence-corrected chi connectivity index (χ2v) is 6.73. The molecule has 2 aliphatic rings. The molecule has 6 nitrogen and oxygen atoms in total. The number of ether oxygens (including phenoxy) is 2. The summed E-state index contributed by atoms with van der Waals surface area (Å²) in [5.74, 6) is 0.146. The van der Waals surface area contributed by atoms with Gasteiger partial charge in [0, 0.05) is 19.0 Å². The zero-order valence-electron chi connectivity index (χ0n) is 14.7. The van der Waals surface area contributed by atoms with Crippen LogP contribution in [0.4, 0.5) is 0 Å². The summed E-state index contributed by atoms with van der Waals surface area (Å²) in [7, 11) is 0. The topological polar surface area (TPSA) is 59.1 Å². The second kappa shape index (κ2) is 8.45. The number of rotatable bonds is 5. The van der Waals surface area contributed by atoms with Crippen molar-refractivity contribution in [1.29, 1.82) is 0 Å². The second-order valence-electron chi connectivity index (χ2n) is 6.73. The minimum atomic E-state index is -0.430. The molecular formula is C19H26N2O4. The number of nitrogens with zero attached hydrogens (tertiary/aromatic N) is 2. The van der Waals surface area contributed by atoms with E-state index in [1.54, 1.807) is 9.80 Å². The van der Waals surface area contributed by atoms with Gasteiger partial charge in [0.25, 0.3) is 0 Å². The summed E-state index contributed by atoms with van der Waals surface area (Å²) in [5, 5.41) is 0. The first-order valence-electron chi connectivity index (χ1n) is 8.93. The number of hydrogen-bond acceptors (Lipinski definition) is 4. The number of hydrogen-bond donors (Lipinski definition) is 0. The maximum absolute atomic E-state index is 12.7. The Morgan fingerprint density at radius 2 is 1.76 bits per heavy atom. The average Bonchev–Trinajstić information content (AvgIpc) is 2.90. The highest BCUT2D eigenvalue weighted by atomic mass is 16.5. The molecule has 2 amide bonds. The summed E-state index contributed by atoms with van der Waals surface area (Å²) < 4.78 is 11.0. The predicted molar refractivity (Wildman–Crippen MR) is 93.0 cm³/mol. The first-order valence-corrected chi connectivity index (χ1v) is 8.93. The Kier molecular flexibility index (Phi) is 6.04. The van der Waals surface area contributed by atoms with Crippen molar-refractivity contribution in [3.63, 3.8) is 0 Å². The van der Waals surface area contributed by atoms with Crippen LogP contribution in [0.2, 0.25) is 0 Å². The Morgan fingerprint density at radius 1 is 1.08 bits per heavy atom. The minimum absolute atomic E-state index is 0.00408. The number of piperazine rings is 1. The molecule has 1 aromatic carbocycles. The minimum Gasteiger partial charge on any atom is -0.379 e. The molecule has 0 unspecified atom stereocenters. The van der Waals surface area contributed by atoms with Crippen molar-refractivity contribution >= 4 is 11.8 Å². The predicted octanol–water partition coefficient (Wildman–Crippen LogP) is 0.951. The van der Waals surface area contributed by atoms with Gasteiger partial charge in [-0.15, -0.1) is 0 Å². The van der Waals surface area contributed by atoms with Crippen LogP contribution in [0.25, 0.3) is 0 Å². The molecule has 0 aromatic heterocycles. The van der Waals surface area contributed by atoms with E-state index in [1.165, 1.54) is 5.56 Å². The van der Waals surface area contributed by atoms with E-state index in [2.05, 4.69) is 0 Å². The number of amides is 2. The number of carbonyl (C=O) groups is 2. The number of carbonyl (C=O) groups excluding carboxylic acids is 2. The van der Waals surface area contributed by atoms with Crippen LogP contribution in [-0.4, -0.2) is 73.7 Å². The third kappa shape index (κ3) is 4.58. The molecule has 2 heterocycles. The summed E-state index contributed by atoms with van der Waals surface area (Å²) in [6, 6.07) is 9.59. The Hall–Kier alpha value is -1.92. The maximum Gasteiger partial charge on any atom is 0.245 e. The molecule has 0 saturated carbocycles. The molecule has 2 aliphatic heterocycles. The van der Waals surface area contributed by atoms with Crippen LogP contribution in [0, 0.1) is 5.92 Å². The van der Waals surface area contributed by atoms with Gasteiger partial charge < -0.3 is 19.3 Å². The molecular weight excluding hydrogens is 320 g/mol. The molecule has 136 valence electrons. The average molecular weight is 346 g/mol. The van der Waals surface area contributed by atoms with Gasteiger partial charge >= 0.3 is 0 Å².